The fourth-order valence-corrected chi connectivity index (χ4v) is 4.44. The smallest absolute Gasteiger partial charge is 0.235 e. The molecule has 3 N–H and O–H groups in total. The second kappa shape index (κ2) is 9.16. The Hall–Kier alpha value is -4.54. The molecule has 1 aliphatic rings. The lowest BCUT2D eigenvalue weighted by Crippen LogP contribution is -2.28. The lowest BCUT2D eigenvalue weighted by molar-refractivity contribution is -0.120. The van der Waals surface area contributed by atoms with E-state index in [1.54, 1.807) is 55.1 Å². The number of Topliss-reactive ketones (excluding diaryl/α,β-unsaturated/α-hetero) is 1. The van der Waals surface area contributed by atoms with Crippen LogP contribution < -0.4 is 11.1 Å². The van der Waals surface area contributed by atoms with Crippen molar-refractivity contribution in [2.75, 3.05) is 5.32 Å². The van der Waals surface area contributed by atoms with Crippen LogP contribution in [0.5, 0.6) is 0 Å². The first-order chi connectivity index (χ1) is 17.7. The molecule has 0 saturated carbocycles. The number of nitrogens with zero attached hydrogens (tertiary/aromatic N) is 5. The minimum atomic E-state index is -1.03. The van der Waals surface area contributed by atoms with Gasteiger partial charge in [-0.3, -0.25) is 14.4 Å². The first-order valence-electron chi connectivity index (χ1n) is 11.8. The fraction of sp³-hybridized carbons (Fsp3) is 0.269. The van der Waals surface area contributed by atoms with Gasteiger partial charge in [0.15, 0.2) is 17.3 Å². The number of fused-ring (bicyclic) bond motifs is 2. The van der Waals surface area contributed by atoms with Gasteiger partial charge in [-0.1, -0.05) is 18.2 Å². The maximum Gasteiger partial charge on any atom is 0.235 e. The third-order valence-electron chi connectivity index (χ3n) is 6.42. The first-order valence-corrected chi connectivity index (χ1v) is 11.8. The number of carbonyl (C=O) groups is 3. The molecule has 0 spiro atoms. The van der Waals surface area contributed by atoms with Crippen molar-refractivity contribution in [3.63, 3.8) is 0 Å². The molecule has 2 amide bonds. The van der Waals surface area contributed by atoms with Crippen LogP contribution >= 0.6 is 0 Å². The predicted octanol–water partition coefficient (Wildman–Crippen LogP) is 3.14. The molecule has 0 bridgehead atoms. The number of halogens is 1. The molecule has 4 aromatic rings. The van der Waals surface area contributed by atoms with Crippen molar-refractivity contribution in [2.45, 2.75) is 45.1 Å². The quantitative estimate of drug-likeness (QED) is 0.353. The number of hydrogen-bond donors (Lipinski definition) is 2. The van der Waals surface area contributed by atoms with Crippen molar-refractivity contribution < 1.29 is 18.8 Å². The van der Waals surface area contributed by atoms with Crippen LogP contribution in [0, 0.1) is 5.82 Å². The molecule has 5 rings (SSSR count). The summed E-state index contributed by atoms with van der Waals surface area (Å²) >= 11 is 0. The van der Waals surface area contributed by atoms with Gasteiger partial charge in [-0.15, -0.1) is 0 Å². The van der Waals surface area contributed by atoms with Gasteiger partial charge in [0.2, 0.25) is 11.8 Å². The molecule has 0 radical (unpaired) electrons. The van der Waals surface area contributed by atoms with Crippen LogP contribution in [-0.2, 0) is 21.5 Å². The highest BCUT2D eigenvalue weighted by Crippen LogP contribution is 2.40. The molecular formula is C26H24FN7O3. The number of hydrogen-bond acceptors (Lipinski definition) is 7. The third kappa shape index (κ3) is 4.32. The third-order valence-corrected chi connectivity index (χ3v) is 6.42. The molecule has 0 fully saturated rings. The Morgan fingerprint density at radius 3 is 2.65 bits per heavy atom. The average molecular weight is 502 g/mol. The zero-order chi connectivity index (χ0) is 26.3. The highest BCUT2D eigenvalue weighted by atomic mass is 19.1. The van der Waals surface area contributed by atoms with Crippen molar-refractivity contribution in [3.8, 4) is 11.5 Å². The number of rotatable bonds is 8. The molecule has 11 heteroatoms. The number of ketones is 1. The van der Waals surface area contributed by atoms with Crippen molar-refractivity contribution in [1.29, 1.82) is 0 Å². The molecule has 0 aliphatic carbocycles. The van der Waals surface area contributed by atoms with Crippen LogP contribution in [0.3, 0.4) is 0 Å². The van der Waals surface area contributed by atoms with Crippen LogP contribution in [0.4, 0.5) is 10.2 Å². The lowest BCUT2D eigenvalue weighted by Gasteiger charge is -2.17. The topological polar surface area (TPSA) is 146 Å². The van der Waals surface area contributed by atoms with Crippen LogP contribution in [-0.4, -0.2) is 42.3 Å². The van der Waals surface area contributed by atoms with E-state index >= 15 is 0 Å². The van der Waals surface area contributed by atoms with E-state index in [0.29, 0.717) is 27.9 Å². The number of carbonyl (C=O) groups excluding carboxylic acids is 3. The number of benzene rings is 1. The maximum absolute atomic E-state index is 14.4. The summed E-state index contributed by atoms with van der Waals surface area (Å²) in [6.07, 6.45) is 1.95. The van der Waals surface area contributed by atoms with E-state index < -0.39 is 11.3 Å². The van der Waals surface area contributed by atoms with Gasteiger partial charge in [0.05, 0.1) is 17.3 Å². The van der Waals surface area contributed by atoms with E-state index in [1.807, 2.05) is 0 Å². The number of primary amides is 1. The number of anilines is 1. The Morgan fingerprint density at radius 2 is 1.89 bits per heavy atom. The predicted molar refractivity (Wildman–Crippen MR) is 133 cm³/mol. The van der Waals surface area contributed by atoms with Crippen LogP contribution in [0.15, 0.2) is 42.6 Å². The van der Waals surface area contributed by atoms with E-state index in [-0.39, 0.29) is 60.7 Å². The summed E-state index contributed by atoms with van der Waals surface area (Å²) in [7, 11) is 0. The summed E-state index contributed by atoms with van der Waals surface area (Å²) in [4.78, 5) is 50.7. The van der Waals surface area contributed by atoms with E-state index in [4.69, 9.17) is 5.73 Å². The molecule has 37 heavy (non-hydrogen) atoms. The Morgan fingerprint density at radius 1 is 1.11 bits per heavy atom. The molecule has 0 saturated heterocycles. The van der Waals surface area contributed by atoms with Gasteiger partial charge in [-0.2, -0.15) is 5.10 Å². The summed E-state index contributed by atoms with van der Waals surface area (Å²) in [5, 5.41) is 8.00. The molecular weight excluding hydrogens is 477 g/mol. The van der Waals surface area contributed by atoms with Crippen molar-refractivity contribution in [2.24, 2.45) is 5.73 Å². The summed E-state index contributed by atoms with van der Waals surface area (Å²) < 4.78 is 15.9. The Balaban J connectivity index is 1.64. The molecule has 1 aliphatic heterocycles. The van der Waals surface area contributed by atoms with Crippen molar-refractivity contribution in [1.82, 2.24) is 24.7 Å². The summed E-state index contributed by atoms with van der Waals surface area (Å²) in [5.41, 5.74) is 5.94. The minimum absolute atomic E-state index is 0.0279. The standard InChI is InChI=1S/C26H24FN7O3/c1-26(2)19-21(17(35)10-5-11-18(28)36)30-23(31-22(19)32-25(26)37)20-15-8-6-12-29-24(15)34(33-20)13-14-7-3-4-9-16(14)27/h3-4,6-9,12H,5,10-11,13H2,1-2H3,(H2,28,36)(H,30,31,32,37). The van der Waals surface area contributed by atoms with Gasteiger partial charge in [0.25, 0.3) is 0 Å². The van der Waals surface area contributed by atoms with E-state index in [9.17, 15) is 18.8 Å². The number of amides is 2. The normalized spacial score (nSPS) is 14.0. The number of nitrogens with two attached hydrogens (primary N) is 1. The molecule has 4 heterocycles. The van der Waals surface area contributed by atoms with Gasteiger partial charge in [0, 0.05) is 30.2 Å². The molecule has 1 aromatic carbocycles. The lowest BCUT2D eigenvalue weighted by atomic mass is 9.84. The SMILES string of the molecule is CC1(C)C(=O)Nc2nc(-c3nn(Cc4ccccc4F)c4ncccc34)nc(C(=O)CCCC(N)=O)c21. The zero-order valence-corrected chi connectivity index (χ0v) is 20.3. The van der Waals surface area contributed by atoms with Gasteiger partial charge >= 0.3 is 0 Å². The highest BCUT2D eigenvalue weighted by Gasteiger charge is 2.44. The largest absolute Gasteiger partial charge is 0.370 e. The first kappa shape index (κ1) is 24.2. The summed E-state index contributed by atoms with van der Waals surface area (Å²) in [6.45, 7) is 3.51. The van der Waals surface area contributed by atoms with Gasteiger partial charge in [-0.05, 0) is 38.5 Å². The Bertz CT molecular complexity index is 1580. The van der Waals surface area contributed by atoms with Crippen LogP contribution in [0.1, 0.15) is 54.7 Å². The van der Waals surface area contributed by atoms with Crippen molar-refractivity contribution in [3.05, 3.63) is 65.2 Å². The monoisotopic (exact) mass is 501 g/mol. The Labute approximate surface area is 211 Å². The van der Waals surface area contributed by atoms with Crippen LogP contribution in [0.25, 0.3) is 22.6 Å². The van der Waals surface area contributed by atoms with Gasteiger partial charge in [0.1, 0.15) is 23.0 Å². The molecule has 3 aromatic heterocycles. The van der Waals surface area contributed by atoms with E-state index in [1.165, 1.54) is 6.07 Å². The van der Waals surface area contributed by atoms with Gasteiger partial charge < -0.3 is 11.1 Å². The summed E-state index contributed by atoms with van der Waals surface area (Å²) in [6, 6.07) is 9.91. The minimum Gasteiger partial charge on any atom is -0.370 e. The Kier molecular flexibility index (Phi) is 5.98. The molecule has 0 unspecified atom stereocenters. The average Bonchev–Trinajstić information content (AvgIpc) is 3.33. The molecule has 188 valence electrons. The van der Waals surface area contributed by atoms with Crippen LogP contribution in [0.2, 0.25) is 0 Å². The van der Waals surface area contributed by atoms with Crippen molar-refractivity contribution >= 4 is 34.4 Å². The maximum atomic E-state index is 14.4. The number of aromatic nitrogens is 5. The molecule has 10 nitrogen and oxygen atoms in total. The molecule has 0 atom stereocenters. The second-order valence-corrected chi connectivity index (χ2v) is 9.41. The highest BCUT2D eigenvalue weighted by molar-refractivity contribution is 6.09. The summed E-state index contributed by atoms with van der Waals surface area (Å²) in [5.74, 6) is -1.15. The second-order valence-electron chi connectivity index (χ2n) is 9.41. The van der Waals surface area contributed by atoms with E-state index in [2.05, 4.69) is 25.4 Å². The fourth-order valence-electron chi connectivity index (χ4n) is 4.44. The van der Waals surface area contributed by atoms with E-state index in [0.717, 1.165) is 0 Å². The van der Waals surface area contributed by atoms with Gasteiger partial charge in [-0.25, -0.2) is 24.0 Å². The number of nitrogens with one attached hydrogen (secondary N) is 1. The number of pyridine rings is 1. The zero-order valence-electron chi connectivity index (χ0n) is 20.3.